The summed E-state index contributed by atoms with van der Waals surface area (Å²) in [6, 6.07) is 16.4. The van der Waals surface area contributed by atoms with E-state index in [1.165, 1.54) is 5.56 Å². The minimum absolute atomic E-state index is 0.283. The molecule has 0 radical (unpaired) electrons. The van der Waals surface area contributed by atoms with Crippen molar-refractivity contribution in [2.75, 3.05) is 10.2 Å². The highest BCUT2D eigenvalue weighted by molar-refractivity contribution is 7.80. The third kappa shape index (κ3) is 3.88. The van der Waals surface area contributed by atoms with Gasteiger partial charge in [-0.25, -0.2) is 4.99 Å². The second-order valence-electron chi connectivity index (χ2n) is 9.69. The number of anilines is 2. The van der Waals surface area contributed by atoms with Crippen LogP contribution < -0.4 is 10.2 Å². The predicted molar refractivity (Wildman–Crippen MR) is 133 cm³/mol. The quantitative estimate of drug-likeness (QED) is 0.499. The Morgan fingerprint density at radius 2 is 1.70 bits per heavy atom. The summed E-state index contributed by atoms with van der Waals surface area (Å²) >= 11 is 12.4. The molecule has 0 atom stereocenters. The van der Waals surface area contributed by atoms with Crippen LogP contribution in [0.1, 0.15) is 52.0 Å². The van der Waals surface area contributed by atoms with E-state index < -0.39 is 0 Å². The van der Waals surface area contributed by atoms with Gasteiger partial charge in [-0.05, 0) is 80.4 Å². The molecule has 3 nitrogen and oxygen atoms in total. The van der Waals surface area contributed by atoms with Crippen LogP contribution in [0.25, 0.3) is 0 Å². The molecule has 1 aliphatic carbocycles. The van der Waals surface area contributed by atoms with E-state index in [9.17, 15) is 0 Å². The Hall–Kier alpha value is -1.91. The smallest absolute Gasteiger partial charge is 0.202 e. The Morgan fingerprint density at radius 3 is 2.30 bits per heavy atom. The molecule has 0 unspecified atom stereocenters. The molecule has 0 amide bonds. The predicted octanol–water partition coefficient (Wildman–Crippen LogP) is 7.24. The molecule has 0 bridgehead atoms. The van der Waals surface area contributed by atoms with Crippen LogP contribution >= 0.6 is 23.8 Å². The van der Waals surface area contributed by atoms with Crippen LogP contribution in [-0.2, 0) is 0 Å². The van der Waals surface area contributed by atoms with E-state index in [2.05, 4.69) is 68.2 Å². The van der Waals surface area contributed by atoms with E-state index >= 15 is 0 Å². The number of hydrogen-bond acceptors (Lipinski definition) is 2. The van der Waals surface area contributed by atoms with Crippen molar-refractivity contribution < 1.29 is 0 Å². The maximum atomic E-state index is 6.63. The van der Waals surface area contributed by atoms with Crippen LogP contribution in [0.15, 0.2) is 53.5 Å². The molecule has 1 fully saturated rings. The zero-order valence-electron chi connectivity index (χ0n) is 18.2. The van der Waals surface area contributed by atoms with Crippen molar-refractivity contribution in [2.45, 2.75) is 58.9 Å². The highest BCUT2D eigenvalue weighted by atomic mass is 35.5. The molecular formula is C25H30ClN3S. The monoisotopic (exact) mass is 439 g/mol. The van der Waals surface area contributed by atoms with Gasteiger partial charge in [-0.1, -0.05) is 62.2 Å². The number of nitrogens with one attached hydrogen (secondary N) is 1. The van der Waals surface area contributed by atoms with Gasteiger partial charge in [0.25, 0.3) is 0 Å². The van der Waals surface area contributed by atoms with Gasteiger partial charge in [0.1, 0.15) is 11.4 Å². The molecule has 1 saturated carbocycles. The molecule has 1 N–H and O–H groups in total. The zero-order chi connectivity index (χ0) is 21.5. The normalized spacial score (nSPS) is 24.3. The van der Waals surface area contributed by atoms with Gasteiger partial charge in [0.2, 0.25) is 5.11 Å². The first kappa shape index (κ1) is 21.3. The number of para-hydroxylation sites is 1. The molecule has 1 heterocycles. The number of thiocarbonyl (C=S) groups is 1. The first-order valence-electron chi connectivity index (χ1n) is 10.7. The number of benzene rings is 2. The van der Waals surface area contributed by atoms with Crippen molar-refractivity contribution in [3.05, 3.63) is 59.1 Å². The van der Waals surface area contributed by atoms with Crippen molar-refractivity contribution in [3.63, 3.8) is 0 Å². The lowest BCUT2D eigenvalue weighted by atomic mass is 9.66. The highest BCUT2D eigenvalue weighted by Crippen LogP contribution is 2.48. The zero-order valence-corrected chi connectivity index (χ0v) is 19.8. The fourth-order valence-electron chi connectivity index (χ4n) is 4.85. The first-order valence-corrected chi connectivity index (χ1v) is 11.5. The van der Waals surface area contributed by atoms with Crippen LogP contribution in [-0.4, -0.2) is 16.5 Å². The number of aryl methyl sites for hydroxylation is 1. The molecule has 30 heavy (non-hydrogen) atoms. The van der Waals surface area contributed by atoms with Gasteiger partial charge < -0.3 is 10.2 Å². The molecular weight excluding hydrogens is 410 g/mol. The number of aliphatic imine (C=N–C) groups is 1. The SMILES string of the molecule is Cc1ccc(NC2=NC(=S)N(c3ccccc3Cl)C23CCC(C(C)(C)C)CC3)cc1. The van der Waals surface area contributed by atoms with E-state index in [4.69, 9.17) is 28.8 Å². The molecule has 2 aromatic carbocycles. The summed E-state index contributed by atoms with van der Waals surface area (Å²) in [5, 5.41) is 4.91. The summed E-state index contributed by atoms with van der Waals surface area (Å²) in [6.07, 6.45) is 4.28. The molecule has 0 aromatic heterocycles. The molecule has 5 heteroatoms. The largest absolute Gasteiger partial charge is 0.342 e. The molecule has 158 valence electrons. The van der Waals surface area contributed by atoms with Crippen LogP contribution in [0.4, 0.5) is 11.4 Å². The third-order valence-electron chi connectivity index (χ3n) is 6.71. The van der Waals surface area contributed by atoms with Crippen LogP contribution in [0.2, 0.25) is 5.02 Å². The van der Waals surface area contributed by atoms with Crippen LogP contribution in [0, 0.1) is 18.3 Å². The van der Waals surface area contributed by atoms with E-state index in [1.807, 2.05) is 18.2 Å². The van der Waals surface area contributed by atoms with Crippen molar-refractivity contribution in [1.82, 2.24) is 0 Å². The summed E-state index contributed by atoms with van der Waals surface area (Å²) in [4.78, 5) is 7.08. The van der Waals surface area contributed by atoms with Crippen LogP contribution in [0.3, 0.4) is 0 Å². The summed E-state index contributed by atoms with van der Waals surface area (Å²) < 4.78 is 0. The van der Waals surface area contributed by atoms with Crippen LogP contribution in [0.5, 0.6) is 0 Å². The molecule has 2 aromatic rings. The van der Waals surface area contributed by atoms with E-state index in [0.29, 0.717) is 21.5 Å². The minimum atomic E-state index is -0.283. The number of amidine groups is 1. The number of hydrogen-bond donors (Lipinski definition) is 1. The molecule has 2 aliphatic rings. The lowest BCUT2D eigenvalue weighted by Crippen LogP contribution is -2.56. The Labute approximate surface area is 190 Å². The highest BCUT2D eigenvalue weighted by Gasteiger charge is 2.52. The van der Waals surface area contributed by atoms with Gasteiger partial charge in [0.15, 0.2) is 0 Å². The number of rotatable bonds is 2. The third-order valence-corrected chi connectivity index (χ3v) is 7.31. The van der Waals surface area contributed by atoms with E-state index in [0.717, 1.165) is 42.9 Å². The molecule has 1 spiro atoms. The van der Waals surface area contributed by atoms with Gasteiger partial charge in [0, 0.05) is 5.69 Å². The van der Waals surface area contributed by atoms with Gasteiger partial charge in [-0.15, -0.1) is 0 Å². The fourth-order valence-corrected chi connectivity index (χ4v) is 5.43. The Bertz CT molecular complexity index is 967. The lowest BCUT2D eigenvalue weighted by Gasteiger charge is -2.47. The molecule has 0 saturated heterocycles. The molecule has 1 aliphatic heterocycles. The number of nitrogens with zero attached hydrogens (tertiary/aromatic N) is 2. The van der Waals surface area contributed by atoms with Crippen molar-refractivity contribution in [1.29, 1.82) is 0 Å². The average molecular weight is 440 g/mol. The van der Waals surface area contributed by atoms with Crippen molar-refractivity contribution in [2.24, 2.45) is 16.3 Å². The maximum absolute atomic E-state index is 6.63. The van der Waals surface area contributed by atoms with Gasteiger partial charge in [-0.2, -0.15) is 0 Å². The van der Waals surface area contributed by atoms with Gasteiger partial charge in [-0.3, -0.25) is 0 Å². The average Bonchev–Trinajstić information content (AvgIpc) is 2.94. The van der Waals surface area contributed by atoms with Gasteiger partial charge in [0.05, 0.1) is 10.7 Å². The summed E-state index contributed by atoms with van der Waals surface area (Å²) in [7, 11) is 0. The van der Waals surface area contributed by atoms with Crippen molar-refractivity contribution >= 4 is 46.1 Å². The Kier molecular flexibility index (Phi) is 5.67. The Morgan fingerprint density at radius 1 is 1.07 bits per heavy atom. The first-order chi connectivity index (χ1) is 14.2. The standard InChI is InChI=1S/C25H30ClN3S/c1-17-9-11-19(12-10-17)27-22-25(15-13-18(14-16-25)24(2,3)4)29(23(30)28-22)21-8-6-5-7-20(21)26/h5-12,18H,13-16H2,1-4H3,(H,27,28,30). The minimum Gasteiger partial charge on any atom is -0.342 e. The lowest BCUT2D eigenvalue weighted by molar-refractivity contribution is 0.158. The summed E-state index contributed by atoms with van der Waals surface area (Å²) in [6.45, 7) is 9.14. The van der Waals surface area contributed by atoms with Gasteiger partial charge >= 0.3 is 0 Å². The van der Waals surface area contributed by atoms with E-state index in [-0.39, 0.29) is 5.54 Å². The second kappa shape index (κ2) is 7.97. The fraction of sp³-hybridized carbons (Fsp3) is 0.440. The summed E-state index contributed by atoms with van der Waals surface area (Å²) in [5.74, 6) is 1.63. The maximum Gasteiger partial charge on any atom is 0.202 e. The number of halogens is 1. The topological polar surface area (TPSA) is 27.6 Å². The molecule has 4 rings (SSSR count). The summed E-state index contributed by atoms with van der Waals surface area (Å²) in [5.41, 5.74) is 3.25. The second-order valence-corrected chi connectivity index (χ2v) is 10.5. The Balaban J connectivity index is 1.72. The van der Waals surface area contributed by atoms with E-state index in [1.54, 1.807) is 0 Å². The van der Waals surface area contributed by atoms with Crippen molar-refractivity contribution in [3.8, 4) is 0 Å².